The Hall–Kier alpha value is -2.50. The van der Waals surface area contributed by atoms with Gasteiger partial charge in [-0.3, -0.25) is 9.48 Å². The molecule has 0 bridgehead atoms. The van der Waals surface area contributed by atoms with Crippen LogP contribution in [0, 0.1) is 0 Å². The van der Waals surface area contributed by atoms with Crippen molar-refractivity contribution in [2.45, 2.75) is 25.8 Å². The summed E-state index contributed by atoms with van der Waals surface area (Å²) in [6.45, 7) is 3.93. The summed E-state index contributed by atoms with van der Waals surface area (Å²) in [6, 6.07) is 5.90. The second-order valence-electron chi connectivity index (χ2n) is 5.50. The fraction of sp³-hybridized carbons (Fsp3) is 0.375. The van der Waals surface area contributed by atoms with Crippen molar-refractivity contribution in [3.63, 3.8) is 0 Å². The number of aryl methyl sites for hydroxylation is 1. The van der Waals surface area contributed by atoms with Gasteiger partial charge in [0, 0.05) is 30.6 Å². The topological polar surface area (TPSA) is 65.4 Å². The summed E-state index contributed by atoms with van der Waals surface area (Å²) in [7, 11) is 0. The van der Waals surface area contributed by atoms with E-state index < -0.39 is 0 Å². The van der Waals surface area contributed by atoms with Crippen LogP contribution in [0.4, 0.5) is 5.82 Å². The summed E-state index contributed by atoms with van der Waals surface area (Å²) in [5, 5.41) is 7.26. The van der Waals surface area contributed by atoms with Gasteiger partial charge in [0.15, 0.2) is 17.3 Å². The quantitative estimate of drug-likeness (QED) is 0.923. The van der Waals surface area contributed by atoms with Crippen LogP contribution in [-0.2, 0) is 11.3 Å². The van der Waals surface area contributed by atoms with E-state index >= 15 is 0 Å². The number of nitrogens with zero attached hydrogens (tertiary/aromatic N) is 2. The van der Waals surface area contributed by atoms with Gasteiger partial charge in [-0.1, -0.05) is 6.07 Å². The Kier molecular flexibility index (Phi) is 3.03. The molecular weight excluding hydrogens is 282 g/mol. The standard InChI is InChI=1S/C16H17N3O3/c1-2-19-9-12-11(8-15(20)17-16(12)18-19)10-3-4-13-14(7-10)22-6-5-21-13/h3-4,7,9,11H,2,5-6,8H2,1H3,(H,17,18,20). The number of rotatable bonds is 2. The third-order valence-electron chi connectivity index (χ3n) is 4.11. The van der Waals surface area contributed by atoms with Gasteiger partial charge < -0.3 is 14.8 Å². The van der Waals surface area contributed by atoms with Crippen molar-refractivity contribution in [1.82, 2.24) is 9.78 Å². The lowest BCUT2D eigenvalue weighted by Gasteiger charge is -2.24. The van der Waals surface area contributed by atoms with Gasteiger partial charge in [-0.05, 0) is 24.6 Å². The molecule has 1 amide bonds. The van der Waals surface area contributed by atoms with Crippen molar-refractivity contribution in [3.8, 4) is 11.5 Å². The highest BCUT2D eigenvalue weighted by Gasteiger charge is 2.30. The molecule has 6 nitrogen and oxygen atoms in total. The van der Waals surface area contributed by atoms with Gasteiger partial charge in [-0.2, -0.15) is 5.10 Å². The Bertz CT molecular complexity index is 738. The number of hydrogen-bond donors (Lipinski definition) is 1. The normalized spacial score (nSPS) is 19.5. The molecule has 0 radical (unpaired) electrons. The molecule has 3 heterocycles. The number of amides is 1. The van der Waals surface area contributed by atoms with E-state index in [9.17, 15) is 4.79 Å². The summed E-state index contributed by atoms with van der Waals surface area (Å²) in [5.74, 6) is 2.17. The first-order chi connectivity index (χ1) is 10.7. The number of anilines is 1. The van der Waals surface area contributed by atoms with Gasteiger partial charge in [0.25, 0.3) is 0 Å². The van der Waals surface area contributed by atoms with Crippen molar-refractivity contribution in [2.75, 3.05) is 18.5 Å². The first kappa shape index (κ1) is 13.2. The van der Waals surface area contributed by atoms with Crippen LogP contribution >= 0.6 is 0 Å². The number of carbonyl (C=O) groups excluding carboxylic acids is 1. The fourth-order valence-corrected chi connectivity index (χ4v) is 3.00. The summed E-state index contributed by atoms with van der Waals surface area (Å²) >= 11 is 0. The predicted octanol–water partition coefficient (Wildman–Crippen LogP) is 2.15. The highest BCUT2D eigenvalue weighted by Crippen LogP contribution is 2.40. The third kappa shape index (κ3) is 2.11. The molecule has 1 unspecified atom stereocenters. The molecule has 0 saturated carbocycles. The second-order valence-corrected chi connectivity index (χ2v) is 5.50. The molecule has 114 valence electrons. The molecule has 1 atom stereocenters. The first-order valence-corrected chi connectivity index (χ1v) is 7.51. The number of fused-ring (bicyclic) bond motifs is 2. The Balaban J connectivity index is 1.76. The SMILES string of the molecule is CCn1cc2c(n1)NC(=O)CC2c1ccc2c(c1)OCCO2. The van der Waals surface area contributed by atoms with Crippen LogP contribution in [0.2, 0.25) is 0 Å². The number of ether oxygens (including phenoxy) is 2. The monoisotopic (exact) mass is 299 g/mol. The number of aromatic nitrogens is 2. The van der Waals surface area contributed by atoms with Gasteiger partial charge in [0.1, 0.15) is 13.2 Å². The maximum atomic E-state index is 12.0. The molecule has 0 aliphatic carbocycles. The van der Waals surface area contributed by atoms with E-state index in [1.165, 1.54) is 0 Å². The zero-order chi connectivity index (χ0) is 15.1. The molecule has 0 saturated heterocycles. The van der Waals surface area contributed by atoms with Crippen molar-refractivity contribution in [3.05, 3.63) is 35.5 Å². The molecule has 0 fully saturated rings. The van der Waals surface area contributed by atoms with Gasteiger partial charge in [0.2, 0.25) is 5.91 Å². The first-order valence-electron chi connectivity index (χ1n) is 7.51. The number of carbonyl (C=O) groups is 1. The number of nitrogens with one attached hydrogen (secondary N) is 1. The zero-order valence-corrected chi connectivity index (χ0v) is 12.3. The third-order valence-corrected chi connectivity index (χ3v) is 4.11. The smallest absolute Gasteiger partial charge is 0.226 e. The molecule has 2 aliphatic rings. The molecule has 0 spiro atoms. The average Bonchev–Trinajstić information content (AvgIpc) is 2.96. The second kappa shape index (κ2) is 5.05. The predicted molar refractivity (Wildman–Crippen MR) is 80.4 cm³/mol. The number of hydrogen-bond acceptors (Lipinski definition) is 4. The van der Waals surface area contributed by atoms with Gasteiger partial charge in [-0.25, -0.2) is 0 Å². The van der Waals surface area contributed by atoms with Crippen LogP contribution in [-0.4, -0.2) is 28.9 Å². The van der Waals surface area contributed by atoms with E-state index in [4.69, 9.17) is 9.47 Å². The van der Waals surface area contributed by atoms with E-state index in [0.717, 1.165) is 29.2 Å². The van der Waals surface area contributed by atoms with Crippen LogP contribution in [0.25, 0.3) is 0 Å². The van der Waals surface area contributed by atoms with E-state index in [2.05, 4.69) is 10.4 Å². The van der Waals surface area contributed by atoms with E-state index in [0.29, 0.717) is 25.5 Å². The lowest BCUT2D eigenvalue weighted by atomic mass is 9.87. The summed E-state index contributed by atoms with van der Waals surface area (Å²) in [6.07, 6.45) is 2.43. The van der Waals surface area contributed by atoms with Crippen LogP contribution < -0.4 is 14.8 Å². The van der Waals surface area contributed by atoms with E-state index in [1.807, 2.05) is 36.0 Å². The minimum absolute atomic E-state index is 0.000114. The molecule has 22 heavy (non-hydrogen) atoms. The van der Waals surface area contributed by atoms with Crippen LogP contribution in [0.15, 0.2) is 24.4 Å². The largest absolute Gasteiger partial charge is 0.486 e. The minimum atomic E-state index is -0.00579. The van der Waals surface area contributed by atoms with Crippen LogP contribution in [0.5, 0.6) is 11.5 Å². The average molecular weight is 299 g/mol. The highest BCUT2D eigenvalue weighted by atomic mass is 16.6. The summed E-state index contributed by atoms with van der Waals surface area (Å²) in [4.78, 5) is 12.0. The van der Waals surface area contributed by atoms with Crippen LogP contribution in [0.1, 0.15) is 30.4 Å². The Morgan fingerprint density at radius 1 is 1.32 bits per heavy atom. The maximum Gasteiger partial charge on any atom is 0.226 e. The van der Waals surface area contributed by atoms with Gasteiger partial charge in [0.05, 0.1) is 0 Å². The fourth-order valence-electron chi connectivity index (χ4n) is 3.00. The van der Waals surface area contributed by atoms with Crippen molar-refractivity contribution in [1.29, 1.82) is 0 Å². The highest BCUT2D eigenvalue weighted by molar-refractivity contribution is 5.94. The van der Waals surface area contributed by atoms with Gasteiger partial charge >= 0.3 is 0 Å². The zero-order valence-electron chi connectivity index (χ0n) is 12.3. The molecule has 2 aliphatic heterocycles. The van der Waals surface area contributed by atoms with E-state index in [1.54, 1.807) is 0 Å². The molecule has 6 heteroatoms. The molecule has 1 aromatic carbocycles. The molecule has 1 N–H and O–H groups in total. The molecule has 2 aromatic rings. The molecular formula is C16H17N3O3. The Morgan fingerprint density at radius 3 is 2.95 bits per heavy atom. The minimum Gasteiger partial charge on any atom is -0.486 e. The maximum absolute atomic E-state index is 12.0. The van der Waals surface area contributed by atoms with Crippen molar-refractivity contribution in [2.24, 2.45) is 0 Å². The molecule has 4 rings (SSSR count). The lowest BCUT2D eigenvalue weighted by Crippen LogP contribution is -2.23. The molecule has 1 aromatic heterocycles. The lowest BCUT2D eigenvalue weighted by molar-refractivity contribution is -0.116. The van der Waals surface area contributed by atoms with Crippen molar-refractivity contribution < 1.29 is 14.3 Å². The summed E-state index contributed by atoms with van der Waals surface area (Å²) < 4.78 is 13.1. The summed E-state index contributed by atoms with van der Waals surface area (Å²) in [5.41, 5.74) is 2.11. The Labute approximate surface area is 128 Å². The Morgan fingerprint density at radius 2 is 2.14 bits per heavy atom. The van der Waals surface area contributed by atoms with Crippen molar-refractivity contribution >= 4 is 11.7 Å². The van der Waals surface area contributed by atoms with Crippen LogP contribution in [0.3, 0.4) is 0 Å². The van der Waals surface area contributed by atoms with E-state index in [-0.39, 0.29) is 11.8 Å². The number of benzene rings is 1. The van der Waals surface area contributed by atoms with Gasteiger partial charge in [-0.15, -0.1) is 0 Å².